The van der Waals surface area contributed by atoms with Gasteiger partial charge in [-0.05, 0) is 5.57 Å². The number of halogens is 1. The lowest BCUT2D eigenvalue weighted by molar-refractivity contribution is -0.0583. The molecule has 0 fully saturated rings. The molecule has 4 atom stereocenters. The summed E-state index contributed by atoms with van der Waals surface area (Å²) in [4.78, 5) is 0. The number of hydrogen-bond acceptors (Lipinski definition) is 4. The SMILES string of the molecule is NC1C=C(CF)[C@H](O)[C@H](O)[C@H]1O. The molecular weight excluding hydrogens is 165 g/mol. The van der Waals surface area contributed by atoms with Crippen LogP contribution in [0.1, 0.15) is 0 Å². The van der Waals surface area contributed by atoms with Crippen LogP contribution in [-0.2, 0) is 0 Å². The second-order valence-electron chi connectivity index (χ2n) is 2.88. The Hall–Kier alpha value is -0.490. The summed E-state index contributed by atoms with van der Waals surface area (Å²) in [6.45, 7) is -0.862. The Kier molecular flexibility index (Phi) is 2.79. The Balaban J connectivity index is 2.84. The van der Waals surface area contributed by atoms with Crippen molar-refractivity contribution in [2.75, 3.05) is 6.67 Å². The summed E-state index contributed by atoms with van der Waals surface area (Å²) < 4.78 is 12.1. The van der Waals surface area contributed by atoms with Crippen LogP contribution < -0.4 is 5.73 Å². The van der Waals surface area contributed by atoms with Crippen LogP contribution in [0.15, 0.2) is 11.6 Å². The predicted molar refractivity (Wildman–Crippen MR) is 40.1 cm³/mol. The molecule has 0 spiro atoms. The van der Waals surface area contributed by atoms with Crippen molar-refractivity contribution in [2.24, 2.45) is 5.73 Å². The van der Waals surface area contributed by atoms with Gasteiger partial charge in [0.05, 0.1) is 6.04 Å². The zero-order chi connectivity index (χ0) is 9.30. The summed E-state index contributed by atoms with van der Waals surface area (Å²) in [5, 5.41) is 27.4. The van der Waals surface area contributed by atoms with Crippen molar-refractivity contribution in [3.8, 4) is 0 Å². The normalized spacial score (nSPS) is 42.6. The molecule has 5 heteroatoms. The van der Waals surface area contributed by atoms with Crippen LogP contribution in [0.3, 0.4) is 0 Å². The van der Waals surface area contributed by atoms with Crippen LogP contribution in [0.25, 0.3) is 0 Å². The van der Waals surface area contributed by atoms with Crippen molar-refractivity contribution in [3.63, 3.8) is 0 Å². The first-order valence-electron chi connectivity index (χ1n) is 3.64. The van der Waals surface area contributed by atoms with Crippen LogP contribution >= 0.6 is 0 Å². The van der Waals surface area contributed by atoms with Gasteiger partial charge in [0.2, 0.25) is 0 Å². The Morgan fingerprint density at radius 2 is 1.92 bits per heavy atom. The maximum Gasteiger partial charge on any atom is 0.113 e. The zero-order valence-electron chi connectivity index (χ0n) is 6.39. The van der Waals surface area contributed by atoms with Crippen molar-refractivity contribution in [1.29, 1.82) is 0 Å². The molecule has 0 saturated carbocycles. The molecule has 0 amide bonds. The van der Waals surface area contributed by atoms with E-state index in [4.69, 9.17) is 21.1 Å². The van der Waals surface area contributed by atoms with Crippen LogP contribution in [-0.4, -0.2) is 46.3 Å². The number of nitrogens with two attached hydrogens (primary N) is 1. The van der Waals surface area contributed by atoms with Crippen LogP contribution in [0.2, 0.25) is 0 Å². The summed E-state index contributed by atoms with van der Waals surface area (Å²) in [5.74, 6) is 0. The smallest absolute Gasteiger partial charge is 0.113 e. The average molecular weight is 177 g/mol. The maximum absolute atomic E-state index is 12.1. The Labute approximate surface area is 69.1 Å². The fraction of sp³-hybridized carbons (Fsp3) is 0.714. The van der Waals surface area contributed by atoms with Gasteiger partial charge in [-0.3, -0.25) is 0 Å². The van der Waals surface area contributed by atoms with Crippen LogP contribution in [0.5, 0.6) is 0 Å². The van der Waals surface area contributed by atoms with Crippen molar-refractivity contribution in [1.82, 2.24) is 0 Å². The minimum Gasteiger partial charge on any atom is -0.388 e. The highest BCUT2D eigenvalue weighted by molar-refractivity contribution is 5.20. The third kappa shape index (κ3) is 1.49. The summed E-state index contributed by atoms with van der Waals surface area (Å²) in [6.07, 6.45) is -2.72. The van der Waals surface area contributed by atoms with Crippen LogP contribution in [0, 0.1) is 0 Å². The third-order valence-electron chi connectivity index (χ3n) is 2.01. The van der Waals surface area contributed by atoms with Crippen molar-refractivity contribution in [3.05, 3.63) is 11.6 Å². The number of hydrogen-bond donors (Lipinski definition) is 4. The molecular formula is C7H12FNO3. The van der Waals surface area contributed by atoms with E-state index < -0.39 is 31.0 Å². The Morgan fingerprint density at radius 1 is 1.33 bits per heavy atom. The van der Waals surface area contributed by atoms with Crippen molar-refractivity contribution in [2.45, 2.75) is 24.4 Å². The van der Waals surface area contributed by atoms with Gasteiger partial charge in [-0.25, -0.2) is 4.39 Å². The molecule has 0 aromatic rings. The van der Waals surface area contributed by atoms with E-state index in [0.29, 0.717) is 0 Å². The van der Waals surface area contributed by atoms with Gasteiger partial charge in [0, 0.05) is 0 Å². The lowest BCUT2D eigenvalue weighted by Crippen LogP contribution is -2.52. The molecule has 0 radical (unpaired) electrons. The lowest BCUT2D eigenvalue weighted by Gasteiger charge is -2.31. The summed E-state index contributed by atoms with van der Waals surface area (Å²) in [6, 6.07) is -0.811. The highest BCUT2D eigenvalue weighted by Gasteiger charge is 2.35. The molecule has 0 bridgehead atoms. The molecule has 12 heavy (non-hydrogen) atoms. The Bertz CT molecular complexity index is 197. The molecule has 0 aliphatic heterocycles. The molecule has 4 nitrogen and oxygen atoms in total. The molecule has 70 valence electrons. The first-order valence-corrected chi connectivity index (χ1v) is 3.64. The van der Waals surface area contributed by atoms with Crippen molar-refractivity contribution >= 4 is 0 Å². The van der Waals surface area contributed by atoms with Gasteiger partial charge in [0.25, 0.3) is 0 Å². The average Bonchev–Trinajstić information content (AvgIpc) is 2.08. The largest absolute Gasteiger partial charge is 0.388 e. The minimum atomic E-state index is -1.39. The number of aliphatic hydroxyl groups is 3. The minimum absolute atomic E-state index is 0.0281. The van der Waals surface area contributed by atoms with E-state index >= 15 is 0 Å². The van der Waals surface area contributed by atoms with Crippen LogP contribution in [0.4, 0.5) is 4.39 Å². The first-order chi connectivity index (χ1) is 5.57. The second-order valence-corrected chi connectivity index (χ2v) is 2.88. The fourth-order valence-corrected chi connectivity index (χ4v) is 1.20. The standard InChI is InChI=1S/C7H12FNO3/c8-2-3-1-4(9)6(11)7(12)5(3)10/h1,4-7,10-12H,2,9H2/t4?,5-,6-,7-/m0/s1. The molecule has 0 aromatic heterocycles. The van der Waals surface area contributed by atoms with Gasteiger partial charge in [0.15, 0.2) is 0 Å². The molecule has 0 aromatic carbocycles. The molecule has 5 N–H and O–H groups in total. The lowest BCUT2D eigenvalue weighted by atomic mass is 9.89. The topological polar surface area (TPSA) is 86.7 Å². The molecule has 1 aliphatic rings. The van der Waals surface area contributed by atoms with E-state index in [1.165, 1.54) is 6.08 Å². The predicted octanol–water partition coefficient (Wildman–Crippen LogP) is -1.69. The molecule has 0 saturated heterocycles. The Morgan fingerprint density at radius 3 is 2.42 bits per heavy atom. The highest BCUT2D eigenvalue weighted by Crippen LogP contribution is 2.19. The second kappa shape index (κ2) is 3.49. The maximum atomic E-state index is 12.1. The summed E-state index contributed by atoms with van der Waals surface area (Å²) in [5.41, 5.74) is 5.36. The van der Waals surface area contributed by atoms with Gasteiger partial charge in [-0.2, -0.15) is 0 Å². The van der Waals surface area contributed by atoms with Gasteiger partial charge in [-0.1, -0.05) is 6.08 Å². The van der Waals surface area contributed by atoms with Gasteiger partial charge in [-0.15, -0.1) is 0 Å². The molecule has 1 unspecified atom stereocenters. The monoisotopic (exact) mass is 177 g/mol. The highest BCUT2D eigenvalue weighted by atomic mass is 19.1. The first kappa shape index (κ1) is 9.60. The molecule has 1 aliphatic carbocycles. The number of alkyl halides is 1. The van der Waals surface area contributed by atoms with Crippen molar-refractivity contribution < 1.29 is 19.7 Å². The molecule has 0 heterocycles. The van der Waals surface area contributed by atoms with Gasteiger partial charge < -0.3 is 21.1 Å². The van der Waals surface area contributed by atoms with E-state index in [1.807, 2.05) is 0 Å². The van der Waals surface area contributed by atoms with E-state index in [1.54, 1.807) is 0 Å². The van der Waals surface area contributed by atoms with E-state index in [0.717, 1.165) is 0 Å². The zero-order valence-corrected chi connectivity index (χ0v) is 6.39. The summed E-state index contributed by atoms with van der Waals surface area (Å²) in [7, 11) is 0. The van der Waals surface area contributed by atoms with Gasteiger partial charge >= 0.3 is 0 Å². The van der Waals surface area contributed by atoms with E-state index in [9.17, 15) is 4.39 Å². The number of aliphatic hydroxyl groups excluding tert-OH is 3. The molecule has 1 rings (SSSR count). The quantitative estimate of drug-likeness (QED) is 0.360. The summed E-state index contributed by atoms with van der Waals surface area (Å²) >= 11 is 0. The fourth-order valence-electron chi connectivity index (χ4n) is 1.20. The van der Waals surface area contributed by atoms with E-state index in [2.05, 4.69) is 0 Å². The van der Waals surface area contributed by atoms with Gasteiger partial charge in [0.1, 0.15) is 25.0 Å². The third-order valence-corrected chi connectivity index (χ3v) is 2.01. The van der Waals surface area contributed by atoms with E-state index in [-0.39, 0.29) is 5.57 Å². The number of rotatable bonds is 1.